The fraction of sp³-hybridized carbons (Fsp3) is 0.222. The number of fused-ring (bicyclic) bond motifs is 1. The Bertz CT molecular complexity index is 698. The molecule has 0 fully saturated rings. The van der Waals surface area contributed by atoms with Crippen LogP contribution in [-0.4, -0.2) is 5.97 Å². The number of nitrogens with zero attached hydrogens (tertiary/aromatic N) is 1. The zero-order valence-electron chi connectivity index (χ0n) is 11.6. The van der Waals surface area contributed by atoms with Gasteiger partial charge in [0.2, 0.25) is 0 Å². The van der Waals surface area contributed by atoms with Crippen LogP contribution in [0.25, 0.3) is 0 Å². The molecular formula is C18H15NO2. The summed E-state index contributed by atoms with van der Waals surface area (Å²) in [6.07, 6.45) is 2.76. The summed E-state index contributed by atoms with van der Waals surface area (Å²) in [6, 6.07) is 16.7. The van der Waals surface area contributed by atoms with Gasteiger partial charge in [0.15, 0.2) is 0 Å². The quantitative estimate of drug-likeness (QED) is 0.785. The molecule has 0 unspecified atom stereocenters. The molecule has 3 rings (SSSR count). The van der Waals surface area contributed by atoms with E-state index in [4.69, 9.17) is 10.00 Å². The lowest BCUT2D eigenvalue weighted by Crippen LogP contribution is -2.16. The van der Waals surface area contributed by atoms with E-state index in [1.54, 1.807) is 24.3 Å². The van der Waals surface area contributed by atoms with Crippen molar-refractivity contribution in [2.24, 2.45) is 0 Å². The van der Waals surface area contributed by atoms with Crippen LogP contribution in [0.5, 0.6) is 0 Å². The van der Waals surface area contributed by atoms with E-state index >= 15 is 0 Å². The van der Waals surface area contributed by atoms with E-state index in [1.165, 1.54) is 5.56 Å². The highest BCUT2D eigenvalue weighted by Gasteiger charge is 2.23. The first-order chi connectivity index (χ1) is 10.3. The highest BCUT2D eigenvalue weighted by molar-refractivity contribution is 5.89. The second-order valence-electron chi connectivity index (χ2n) is 5.17. The van der Waals surface area contributed by atoms with Crippen LogP contribution in [-0.2, 0) is 11.2 Å². The van der Waals surface area contributed by atoms with E-state index in [0.29, 0.717) is 11.1 Å². The lowest BCUT2D eigenvalue weighted by molar-refractivity contribution is 0.0256. The van der Waals surface area contributed by atoms with Crippen LogP contribution in [0.15, 0.2) is 48.5 Å². The van der Waals surface area contributed by atoms with Gasteiger partial charge in [-0.15, -0.1) is 0 Å². The molecule has 3 nitrogen and oxygen atoms in total. The Kier molecular flexibility index (Phi) is 3.70. The molecule has 1 atom stereocenters. The second-order valence-corrected chi connectivity index (χ2v) is 5.17. The van der Waals surface area contributed by atoms with E-state index in [-0.39, 0.29) is 12.1 Å². The lowest BCUT2D eigenvalue weighted by atomic mass is 9.89. The van der Waals surface area contributed by atoms with Gasteiger partial charge >= 0.3 is 5.97 Å². The smallest absolute Gasteiger partial charge is 0.338 e. The molecule has 0 saturated carbocycles. The Labute approximate surface area is 123 Å². The normalized spacial score (nSPS) is 16.6. The Hall–Kier alpha value is -2.60. The molecule has 1 aliphatic carbocycles. The summed E-state index contributed by atoms with van der Waals surface area (Å²) in [5, 5.41) is 8.77. The van der Waals surface area contributed by atoms with Crippen LogP contribution in [0.1, 0.15) is 46.0 Å². The average Bonchev–Trinajstić information content (AvgIpc) is 2.55. The molecule has 104 valence electrons. The third-order valence-electron chi connectivity index (χ3n) is 3.81. The second kappa shape index (κ2) is 5.80. The lowest BCUT2D eigenvalue weighted by Gasteiger charge is -2.25. The Morgan fingerprint density at radius 2 is 1.90 bits per heavy atom. The van der Waals surface area contributed by atoms with Crippen molar-refractivity contribution in [3.63, 3.8) is 0 Å². The molecule has 2 aromatic rings. The van der Waals surface area contributed by atoms with Gasteiger partial charge in [-0.2, -0.15) is 5.26 Å². The summed E-state index contributed by atoms with van der Waals surface area (Å²) in [4.78, 5) is 12.2. The van der Waals surface area contributed by atoms with Crippen LogP contribution >= 0.6 is 0 Å². The Morgan fingerprint density at radius 1 is 1.14 bits per heavy atom. The number of carbonyl (C=O) groups is 1. The maximum Gasteiger partial charge on any atom is 0.338 e. The highest BCUT2D eigenvalue weighted by Crippen LogP contribution is 2.32. The molecule has 0 aliphatic heterocycles. The summed E-state index contributed by atoms with van der Waals surface area (Å²) >= 11 is 0. The van der Waals surface area contributed by atoms with Crippen molar-refractivity contribution in [2.75, 3.05) is 0 Å². The monoisotopic (exact) mass is 277 g/mol. The molecule has 3 heteroatoms. The van der Waals surface area contributed by atoms with Crippen molar-refractivity contribution in [2.45, 2.75) is 25.4 Å². The maximum absolute atomic E-state index is 12.2. The van der Waals surface area contributed by atoms with E-state index in [9.17, 15) is 4.79 Å². The van der Waals surface area contributed by atoms with Crippen molar-refractivity contribution in [1.82, 2.24) is 0 Å². The van der Waals surface area contributed by atoms with Crippen LogP contribution in [0.2, 0.25) is 0 Å². The maximum atomic E-state index is 12.2. The predicted octanol–water partition coefficient (Wildman–Crippen LogP) is 3.79. The molecule has 0 saturated heterocycles. The number of benzene rings is 2. The van der Waals surface area contributed by atoms with Gasteiger partial charge in [0, 0.05) is 0 Å². The molecule has 0 N–H and O–H groups in total. The third kappa shape index (κ3) is 2.80. The number of rotatable bonds is 2. The van der Waals surface area contributed by atoms with Crippen molar-refractivity contribution >= 4 is 5.97 Å². The van der Waals surface area contributed by atoms with E-state index in [2.05, 4.69) is 6.07 Å². The topological polar surface area (TPSA) is 50.1 Å². The van der Waals surface area contributed by atoms with Crippen LogP contribution in [0.4, 0.5) is 0 Å². The minimum atomic E-state index is -0.332. The molecule has 1 aliphatic rings. The van der Waals surface area contributed by atoms with E-state index in [1.807, 2.05) is 24.3 Å². The molecule has 0 amide bonds. The number of carbonyl (C=O) groups excluding carboxylic acids is 1. The van der Waals surface area contributed by atoms with E-state index < -0.39 is 0 Å². The first kappa shape index (κ1) is 13.4. The SMILES string of the molecule is N#Cc1ccc(C(=O)O[C@H]2CCCc3ccccc32)cc1. The number of aryl methyl sites for hydroxylation is 1. The Morgan fingerprint density at radius 3 is 2.67 bits per heavy atom. The van der Waals surface area contributed by atoms with Crippen molar-refractivity contribution in [3.05, 3.63) is 70.8 Å². The standard InChI is InChI=1S/C18H15NO2/c19-12-13-8-10-15(11-9-13)18(20)21-17-7-3-5-14-4-1-2-6-16(14)17/h1-2,4,6,8-11,17H,3,5,7H2/t17-/m0/s1. The minimum absolute atomic E-state index is 0.168. The highest BCUT2D eigenvalue weighted by atomic mass is 16.5. The van der Waals surface area contributed by atoms with Crippen molar-refractivity contribution < 1.29 is 9.53 Å². The predicted molar refractivity (Wildman–Crippen MR) is 78.7 cm³/mol. The average molecular weight is 277 g/mol. The fourth-order valence-corrected chi connectivity index (χ4v) is 2.71. The van der Waals surface area contributed by atoms with Gasteiger partial charge in [-0.25, -0.2) is 4.79 Å². The third-order valence-corrected chi connectivity index (χ3v) is 3.81. The van der Waals surface area contributed by atoms with Gasteiger partial charge in [0.1, 0.15) is 6.10 Å². The number of ether oxygens (including phenoxy) is 1. The molecule has 0 heterocycles. The summed E-state index contributed by atoms with van der Waals surface area (Å²) in [5.74, 6) is -0.332. The van der Waals surface area contributed by atoms with Crippen LogP contribution in [0, 0.1) is 11.3 Å². The molecular weight excluding hydrogens is 262 g/mol. The van der Waals surface area contributed by atoms with Gasteiger partial charge in [-0.1, -0.05) is 24.3 Å². The Balaban J connectivity index is 1.78. The largest absolute Gasteiger partial charge is 0.454 e. The summed E-state index contributed by atoms with van der Waals surface area (Å²) in [5.41, 5.74) is 3.40. The number of hydrogen-bond donors (Lipinski definition) is 0. The number of hydrogen-bond acceptors (Lipinski definition) is 3. The number of esters is 1. The first-order valence-corrected chi connectivity index (χ1v) is 7.07. The molecule has 0 aromatic heterocycles. The van der Waals surface area contributed by atoms with Crippen LogP contribution < -0.4 is 0 Å². The number of nitriles is 1. The van der Waals surface area contributed by atoms with Gasteiger partial charge < -0.3 is 4.74 Å². The van der Waals surface area contributed by atoms with Gasteiger partial charge in [0.05, 0.1) is 17.2 Å². The van der Waals surface area contributed by atoms with Crippen LogP contribution in [0.3, 0.4) is 0 Å². The molecule has 0 spiro atoms. The zero-order chi connectivity index (χ0) is 14.7. The summed E-state index contributed by atoms with van der Waals surface area (Å²) in [6.45, 7) is 0. The summed E-state index contributed by atoms with van der Waals surface area (Å²) in [7, 11) is 0. The first-order valence-electron chi connectivity index (χ1n) is 7.07. The van der Waals surface area contributed by atoms with Gasteiger partial charge in [-0.05, 0) is 54.7 Å². The van der Waals surface area contributed by atoms with Crippen molar-refractivity contribution in [1.29, 1.82) is 5.26 Å². The van der Waals surface area contributed by atoms with Gasteiger partial charge in [0.25, 0.3) is 0 Å². The van der Waals surface area contributed by atoms with Gasteiger partial charge in [-0.3, -0.25) is 0 Å². The minimum Gasteiger partial charge on any atom is -0.454 e. The molecule has 21 heavy (non-hydrogen) atoms. The molecule has 0 bridgehead atoms. The zero-order valence-corrected chi connectivity index (χ0v) is 11.6. The molecule has 0 radical (unpaired) electrons. The summed E-state index contributed by atoms with van der Waals surface area (Å²) < 4.78 is 5.66. The molecule has 2 aromatic carbocycles. The van der Waals surface area contributed by atoms with Crippen molar-refractivity contribution in [3.8, 4) is 6.07 Å². The fourth-order valence-electron chi connectivity index (χ4n) is 2.71. The van der Waals surface area contributed by atoms with E-state index in [0.717, 1.165) is 24.8 Å².